The van der Waals surface area contributed by atoms with E-state index in [1.54, 1.807) is 12.1 Å². The number of hydrogen-bond acceptors (Lipinski definition) is 3. The van der Waals surface area contributed by atoms with Crippen LogP contribution in [0.4, 0.5) is 5.69 Å². The van der Waals surface area contributed by atoms with Gasteiger partial charge in [-0.15, -0.1) is 0 Å². The maximum atomic E-state index is 12.5. The number of H-pyrrole nitrogens is 1. The summed E-state index contributed by atoms with van der Waals surface area (Å²) in [5, 5.41) is 12.9. The van der Waals surface area contributed by atoms with Crippen molar-refractivity contribution in [3.63, 3.8) is 0 Å². The Balaban J connectivity index is 2.00. The van der Waals surface area contributed by atoms with Crippen molar-refractivity contribution >= 4 is 11.9 Å². The molecule has 0 radical (unpaired) electrons. The standard InChI is InChI=1S/C18H17N3O2/c1-12-8-9-16(17(22)10-12)19-11-15-13(2)20-21(18(15)23)14-6-4-3-5-7-14/h3-11,20,22H,1-2H3. The second-order valence-electron chi connectivity index (χ2n) is 5.38. The molecule has 0 atom stereocenters. The number of aliphatic imine (C=N–C) groups is 1. The molecule has 0 saturated heterocycles. The van der Waals surface area contributed by atoms with Crippen molar-refractivity contribution in [3.05, 3.63) is 75.7 Å². The number of para-hydroxylation sites is 1. The van der Waals surface area contributed by atoms with Crippen LogP contribution in [-0.2, 0) is 0 Å². The van der Waals surface area contributed by atoms with E-state index in [9.17, 15) is 9.90 Å². The fourth-order valence-corrected chi connectivity index (χ4v) is 2.35. The third-order valence-corrected chi connectivity index (χ3v) is 3.60. The first kappa shape index (κ1) is 14.8. The van der Waals surface area contributed by atoms with E-state index in [4.69, 9.17) is 0 Å². The number of aromatic amines is 1. The lowest BCUT2D eigenvalue weighted by molar-refractivity contribution is 0.476. The Bertz CT molecular complexity index is 921. The number of nitrogens with zero attached hydrogens (tertiary/aromatic N) is 2. The number of aryl methyl sites for hydroxylation is 2. The Morgan fingerprint density at radius 1 is 1.13 bits per heavy atom. The molecule has 0 saturated carbocycles. The molecule has 116 valence electrons. The van der Waals surface area contributed by atoms with Crippen molar-refractivity contribution in [2.24, 2.45) is 4.99 Å². The highest BCUT2D eigenvalue weighted by molar-refractivity contribution is 5.83. The van der Waals surface area contributed by atoms with Gasteiger partial charge in [-0.05, 0) is 43.7 Å². The Morgan fingerprint density at radius 2 is 1.87 bits per heavy atom. The second kappa shape index (κ2) is 5.96. The Kier molecular flexibility index (Phi) is 3.85. The van der Waals surface area contributed by atoms with Crippen LogP contribution in [0.2, 0.25) is 0 Å². The molecule has 0 bridgehead atoms. The van der Waals surface area contributed by atoms with Gasteiger partial charge in [0.1, 0.15) is 11.4 Å². The van der Waals surface area contributed by atoms with E-state index in [2.05, 4.69) is 10.1 Å². The number of phenolic OH excluding ortho intramolecular Hbond substituents is 1. The summed E-state index contributed by atoms with van der Waals surface area (Å²) in [4.78, 5) is 16.8. The van der Waals surface area contributed by atoms with Gasteiger partial charge in [0.15, 0.2) is 0 Å². The number of aromatic hydroxyl groups is 1. The summed E-state index contributed by atoms with van der Waals surface area (Å²) in [6.45, 7) is 3.71. The molecule has 23 heavy (non-hydrogen) atoms. The van der Waals surface area contributed by atoms with Crippen molar-refractivity contribution in [1.29, 1.82) is 0 Å². The van der Waals surface area contributed by atoms with Gasteiger partial charge >= 0.3 is 0 Å². The van der Waals surface area contributed by atoms with Crippen molar-refractivity contribution in [3.8, 4) is 11.4 Å². The highest BCUT2D eigenvalue weighted by Gasteiger charge is 2.10. The number of benzene rings is 2. The summed E-state index contributed by atoms with van der Waals surface area (Å²) in [6.07, 6.45) is 1.48. The Labute approximate surface area is 133 Å². The highest BCUT2D eigenvalue weighted by atomic mass is 16.3. The molecular formula is C18H17N3O2. The quantitative estimate of drug-likeness (QED) is 0.729. The predicted octanol–water partition coefficient (Wildman–Crippen LogP) is 3.24. The monoisotopic (exact) mass is 307 g/mol. The van der Waals surface area contributed by atoms with Crippen LogP contribution >= 0.6 is 0 Å². The van der Waals surface area contributed by atoms with E-state index in [0.717, 1.165) is 11.3 Å². The molecule has 0 fully saturated rings. The molecule has 0 spiro atoms. The first-order chi connectivity index (χ1) is 11.1. The molecule has 1 aromatic heterocycles. The van der Waals surface area contributed by atoms with Gasteiger partial charge in [-0.1, -0.05) is 24.3 Å². The average Bonchev–Trinajstić information content (AvgIpc) is 2.82. The van der Waals surface area contributed by atoms with Crippen LogP contribution in [-0.4, -0.2) is 21.1 Å². The fraction of sp³-hybridized carbons (Fsp3) is 0.111. The number of rotatable bonds is 3. The summed E-state index contributed by atoms with van der Waals surface area (Å²) >= 11 is 0. The van der Waals surface area contributed by atoms with Crippen molar-refractivity contribution in [2.45, 2.75) is 13.8 Å². The molecule has 0 aliphatic heterocycles. The van der Waals surface area contributed by atoms with Gasteiger partial charge in [-0.25, -0.2) is 4.68 Å². The zero-order chi connectivity index (χ0) is 16.4. The van der Waals surface area contributed by atoms with Crippen LogP contribution in [0.15, 0.2) is 58.3 Å². The molecule has 0 unspecified atom stereocenters. The second-order valence-corrected chi connectivity index (χ2v) is 5.38. The summed E-state index contributed by atoms with van der Waals surface area (Å²) < 4.78 is 1.48. The lowest BCUT2D eigenvalue weighted by Gasteiger charge is -1.99. The van der Waals surface area contributed by atoms with E-state index in [0.29, 0.717) is 16.9 Å². The van der Waals surface area contributed by atoms with Crippen molar-refractivity contribution < 1.29 is 5.11 Å². The molecule has 3 rings (SSSR count). The van der Waals surface area contributed by atoms with Crippen LogP contribution in [0.5, 0.6) is 5.75 Å². The molecule has 3 aromatic rings. The van der Waals surface area contributed by atoms with E-state index >= 15 is 0 Å². The van der Waals surface area contributed by atoms with E-state index in [1.807, 2.05) is 50.2 Å². The third kappa shape index (κ3) is 2.94. The van der Waals surface area contributed by atoms with Gasteiger partial charge in [-0.2, -0.15) is 0 Å². The van der Waals surface area contributed by atoms with Crippen molar-refractivity contribution in [2.75, 3.05) is 0 Å². The first-order valence-corrected chi connectivity index (χ1v) is 7.27. The predicted molar refractivity (Wildman–Crippen MR) is 91.2 cm³/mol. The largest absolute Gasteiger partial charge is 0.506 e. The minimum atomic E-state index is -0.177. The smallest absolute Gasteiger partial charge is 0.280 e. The molecule has 0 aliphatic rings. The highest BCUT2D eigenvalue weighted by Crippen LogP contribution is 2.26. The normalized spacial score (nSPS) is 11.2. The van der Waals surface area contributed by atoms with Crippen LogP contribution in [0.3, 0.4) is 0 Å². The van der Waals surface area contributed by atoms with Gasteiger partial charge in [0.25, 0.3) is 5.56 Å². The van der Waals surface area contributed by atoms with Crippen molar-refractivity contribution in [1.82, 2.24) is 9.78 Å². The Hall–Kier alpha value is -3.08. The summed E-state index contributed by atoms with van der Waals surface area (Å²) in [7, 11) is 0. The minimum absolute atomic E-state index is 0.0952. The minimum Gasteiger partial charge on any atom is -0.506 e. The summed E-state index contributed by atoms with van der Waals surface area (Å²) in [5.74, 6) is 0.0952. The fourth-order valence-electron chi connectivity index (χ4n) is 2.35. The van der Waals surface area contributed by atoms with E-state index < -0.39 is 0 Å². The number of hydrogen-bond donors (Lipinski definition) is 2. The average molecular weight is 307 g/mol. The van der Waals surface area contributed by atoms with Gasteiger partial charge in [0.05, 0.1) is 11.3 Å². The third-order valence-electron chi connectivity index (χ3n) is 3.60. The first-order valence-electron chi connectivity index (χ1n) is 7.27. The number of nitrogens with one attached hydrogen (secondary N) is 1. The maximum Gasteiger partial charge on any atom is 0.280 e. The zero-order valence-corrected chi connectivity index (χ0v) is 12.9. The molecule has 5 nitrogen and oxygen atoms in total. The van der Waals surface area contributed by atoms with E-state index in [1.165, 1.54) is 10.9 Å². The molecule has 5 heteroatoms. The molecule has 0 amide bonds. The van der Waals surface area contributed by atoms with Gasteiger partial charge in [-0.3, -0.25) is 14.9 Å². The molecule has 1 heterocycles. The summed E-state index contributed by atoms with van der Waals surface area (Å²) in [5.41, 5.74) is 3.15. The number of phenols is 1. The molecule has 0 aliphatic carbocycles. The SMILES string of the molecule is Cc1ccc(N=Cc2c(C)[nH]n(-c3ccccc3)c2=O)c(O)c1. The maximum absolute atomic E-state index is 12.5. The van der Waals surface area contributed by atoms with Crippen LogP contribution in [0.25, 0.3) is 5.69 Å². The van der Waals surface area contributed by atoms with Crippen LogP contribution in [0, 0.1) is 13.8 Å². The topological polar surface area (TPSA) is 70.4 Å². The van der Waals surface area contributed by atoms with E-state index in [-0.39, 0.29) is 11.3 Å². The van der Waals surface area contributed by atoms with Gasteiger partial charge in [0, 0.05) is 11.9 Å². The Morgan fingerprint density at radius 3 is 2.57 bits per heavy atom. The van der Waals surface area contributed by atoms with Gasteiger partial charge < -0.3 is 5.11 Å². The number of aromatic nitrogens is 2. The van der Waals surface area contributed by atoms with Crippen LogP contribution < -0.4 is 5.56 Å². The van der Waals surface area contributed by atoms with Crippen LogP contribution in [0.1, 0.15) is 16.8 Å². The molecular weight excluding hydrogens is 290 g/mol. The zero-order valence-electron chi connectivity index (χ0n) is 12.9. The molecule has 2 aromatic carbocycles. The molecule has 2 N–H and O–H groups in total. The van der Waals surface area contributed by atoms with Gasteiger partial charge in [0.2, 0.25) is 0 Å². The lowest BCUT2D eigenvalue weighted by Crippen LogP contribution is -2.17. The summed E-state index contributed by atoms with van der Waals surface area (Å²) in [6, 6.07) is 14.6. The lowest BCUT2D eigenvalue weighted by atomic mass is 10.2.